The maximum atomic E-state index is 13.5. The van der Waals surface area contributed by atoms with E-state index < -0.39 is 0 Å². The average molecular weight is 385 g/mol. The second-order valence-corrected chi connectivity index (χ2v) is 9.54. The molecule has 0 fully saturated rings. The van der Waals surface area contributed by atoms with Crippen molar-refractivity contribution in [3.8, 4) is 5.69 Å². The third-order valence-electron chi connectivity index (χ3n) is 4.80. The molecule has 0 aliphatic heterocycles. The van der Waals surface area contributed by atoms with E-state index in [2.05, 4.69) is 32.9 Å². The maximum Gasteiger partial charge on any atom is 0.267 e. The number of hydrogen-bond donors (Lipinski definition) is 0. The molecule has 0 N–H and O–H groups in total. The number of aromatic nitrogens is 2. The number of rotatable bonds is 4. The molecule has 26 heavy (non-hydrogen) atoms. The first-order chi connectivity index (χ1) is 12.5. The van der Waals surface area contributed by atoms with E-state index in [1.54, 1.807) is 23.1 Å². The number of hydrogen-bond acceptors (Lipinski definition) is 4. The molecule has 1 aliphatic rings. The number of benzene rings is 1. The van der Waals surface area contributed by atoms with E-state index in [4.69, 9.17) is 4.98 Å². The van der Waals surface area contributed by atoms with E-state index in [0.717, 1.165) is 39.7 Å². The minimum Gasteiger partial charge on any atom is -0.268 e. The second-order valence-electron chi connectivity index (χ2n) is 7.47. The summed E-state index contributed by atoms with van der Waals surface area (Å²) in [6, 6.07) is 8.18. The van der Waals surface area contributed by atoms with Crippen molar-refractivity contribution >= 4 is 33.3 Å². The van der Waals surface area contributed by atoms with Crippen molar-refractivity contribution in [2.24, 2.45) is 5.92 Å². The number of thioether (sulfide) groups is 1. The molecule has 3 aromatic rings. The van der Waals surface area contributed by atoms with Gasteiger partial charge in [0.05, 0.1) is 11.1 Å². The summed E-state index contributed by atoms with van der Waals surface area (Å²) in [5, 5.41) is 1.68. The predicted molar refractivity (Wildman–Crippen MR) is 112 cm³/mol. The molecule has 0 saturated heterocycles. The summed E-state index contributed by atoms with van der Waals surface area (Å²) in [5.74, 6) is 1.50. The smallest absolute Gasteiger partial charge is 0.267 e. The summed E-state index contributed by atoms with van der Waals surface area (Å²) in [4.78, 5) is 20.8. The molecule has 0 bridgehead atoms. The zero-order chi connectivity index (χ0) is 18.3. The standard InChI is InChI=1S/C21H24N2OS2/c1-13(2)12-25-21-22-19-18(16-6-4-5-7-17(16)26-19)20(24)23(21)15-10-8-14(3)9-11-15/h8-11,13H,4-7,12H2,1-3H3. The van der Waals surface area contributed by atoms with Crippen molar-refractivity contribution in [3.05, 3.63) is 50.6 Å². The van der Waals surface area contributed by atoms with E-state index in [1.165, 1.54) is 28.8 Å². The lowest BCUT2D eigenvalue weighted by Gasteiger charge is -2.14. The van der Waals surface area contributed by atoms with Gasteiger partial charge in [0.25, 0.3) is 5.56 Å². The number of thiophene rings is 1. The monoisotopic (exact) mass is 384 g/mol. The van der Waals surface area contributed by atoms with Crippen LogP contribution in [0.25, 0.3) is 15.9 Å². The Hall–Kier alpha value is -1.59. The Bertz CT molecular complexity index is 1000. The van der Waals surface area contributed by atoms with Crippen LogP contribution < -0.4 is 5.56 Å². The fourth-order valence-electron chi connectivity index (χ4n) is 3.45. The minimum atomic E-state index is 0.101. The van der Waals surface area contributed by atoms with E-state index in [0.29, 0.717) is 5.92 Å². The van der Waals surface area contributed by atoms with Crippen molar-refractivity contribution in [1.82, 2.24) is 9.55 Å². The van der Waals surface area contributed by atoms with E-state index in [9.17, 15) is 4.79 Å². The van der Waals surface area contributed by atoms with Crippen LogP contribution in [0.15, 0.2) is 34.2 Å². The molecule has 4 rings (SSSR count). The van der Waals surface area contributed by atoms with Gasteiger partial charge in [-0.05, 0) is 56.2 Å². The fourth-order valence-corrected chi connectivity index (χ4v) is 5.71. The molecule has 0 atom stereocenters. The van der Waals surface area contributed by atoms with Gasteiger partial charge in [0.15, 0.2) is 5.16 Å². The summed E-state index contributed by atoms with van der Waals surface area (Å²) in [6.45, 7) is 6.46. The first kappa shape index (κ1) is 17.8. The molecule has 0 unspecified atom stereocenters. The second kappa shape index (κ2) is 7.20. The lowest BCUT2D eigenvalue weighted by atomic mass is 9.97. The maximum absolute atomic E-state index is 13.5. The molecule has 1 aromatic carbocycles. The van der Waals surface area contributed by atoms with Crippen LogP contribution in [0.1, 0.15) is 42.7 Å². The van der Waals surface area contributed by atoms with Gasteiger partial charge in [0.1, 0.15) is 4.83 Å². The minimum absolute atomic E-state index is 0.101. The third kappa shape index (κ3) is 3.23. The van der Waals surface area contributed by atoms with Gasteiger partial charge >= 0.3 is 0 Å². The van der Waals surface area contributed by atoms with E-state index >= 15 is 0 Å². The van der Waals surface area contributed by atoms with Crippen LogP contribution in [-0.2, 0) is 12.8 Å². The number of fused-ring (bicyclic) bond motifs is 3. The first-order valence-electron chi connectivity index (χ1n) is 9.31. The quantitative estimate of drug-likeness (QED) is 0.447. The predicted octanol–water partition coefficient (Wildman–Crippen LogP) is 5.38. The summed E-state index contributed by atoms with van der Waals surface area (Å²) < 4.78 is 1.83. The molecule has 0 amide bonds. The molecule has 2 aromatic heterocycles. The Morgan fingerprint density at radius 1 is 1.19 bits per heavy atom. The SMILES string of the molecule is Cc1ccc(-n2c(SCC(C)C)nc3sc4c(c3c2=O)CCCC4)cc1. The van der Waals surface area contributed by atoms with Gasteiger partial charge in [0, 0.05) is 10.6 Å². The van der Waals surface area contributed by atoms with Gasteiger partial charge in [-0.2, -0.15) is 0 Å². The topological polar surface area (TPSA) is 34.9 Å². The lowest BCUT2D eigenvalue weighted by molar-refractivity contribution is 0.699. The molecule has 2 heterocycles. The summed E-state index contributed by atoms with van der Waals surface area (Å²) in [5.41, 5.74) is 3.47. The van der Waals surface area contributed by atoms with E-state index in [-0.39, 0.29) is 5.56 Å². The number of nitrogens with zero attached hydrogens (tertiary/aromatic N) is 2. The molecular weight excluding hydrogens is 360 g/mol. The zero-order valence-electron chi connectivity index (χ0n) is 15.5. The Morgan fingerprint density at radius 3 is 2.65 bits per heavy atom. The van der Waals surface area contributed by atoms with Crippen molar-refractivity contribution in [2.75, 3.05) is 5.75 Å². The average Bonchev–Trinajstić information content (AvgIpc) is 2.99. The van der Waals surface area contributed by atoms with Crippen molar-refractivity contribution in [3.63, 3.8) is 0 Å². The van der Waals surface area contributed by atoms with Crippen LogP contribution in [0.2, 0.25) is 0 Å². The highest BCUT2D eigenvalue weighted by molar-refractivity contribution is 7.99. The first-order valence-corrected chi connectivity index (χ1v) is 11.1. The molecular formula is C21H24N2OS2. The highest BCUT2D eigenvalue weighted by Gasteiger charge is 2.22. The van der Waals surface area contributed by atoms with Crippen LogP contribution in [0.4, 0.5) is 0 Å². The largest absolute Gasteiger partial charge is 0.268 e. The normalized spacial score (nSPS) is 14.2. The zero-order valence-corrected chi connectivity index (χ0v) is 17.2. The molecule has 5 heteroatoms. The van der Waals surface area contributed by atoms with Crippen LogP contribution in [0.3, 0.4) is 0 Å². The van der Waals surface area contributed by atoms with Gasteiger partial charge in [-0.25, -0.2) is 4.98 Å². The molecule has 0 spiro atoms. The van der Waals surface area contributed by atoms with Gasteiger partial charge in [-0.1, -0.05) is 43.3 Å². The third-order valence-corrected chi connectivity index (χ3v) is 7.35. The van der Waals surface area contributed by atoms with Crippen LogP contribution in [0.5, 0.6) is 0 Å². The molecule has 0 radical (unpaired) electrons. The fraction of sp³-hybridized carbons (Fsp3) is 0.429. The summed E-state index contributed by atoms with van der Waals surface area (Å²) in [7, 11) is 0. The van der Waals surface area contributed by atoms with Crippen LogP contribution >= 0.6 is 23.1 Å². The Kier molecular flexibility index (Phi) is 4.93. The molecule has 1 aliphatic carbocycles. The van der Waals surface area contributed by atoms with Crippen molar-refractivity contribution < 1.29 is 0 Å². The highest BCUT2D eigenvalue weighted by atomic mass is 32.2. The van der Waals surface area contributed by atoms with Crippen LogP contribution in [-0.4, -0.2) is 15.3 Å². The Morgan fingerprint density at radius 2 is 1.92 bits per heavy atom. The Balaban J connectivity index is 1.96. The molecule has 0 saturated carbocycles. The Labute approximate surface area is 162 Å². The van der Waals surface area contributed by atoms with Gasteiger partial charge in [-0.15, -0.1) is 11.3 Å². The highest BCUT2D eigenvalue weighted by Crippen LogP contribution is 2.35. The van der Waals surface area contributed by atoms with E-state index in [1.807, 2.05) is 16.7 Å². The molecule has 136 valence electrons. The van der Waals surface area contributed by atoms with Gasteiger partial charge in [-0.3, -0.25) is 9.36 Å². The van der Waals surface area contributed by atoms with Gasteiger partial charge < -0.3 is 0 Å². The molecule has 3 nitrogen and oxygen atoms in total. The van der Waals surface area contributed by atoms with Crippen LogP contribution in [0, 0.1) is 12.8 Å². The summed E-state index contributed by atoms with van der Waals surface area (Å²) >= 11 is 3.42. The lowest BCUT2D eigenvalue weighted by Crippen LogP contribution is -2.22. The van der Waals surface area contributed by atoms with Gasteiger partial charge in [0.2, 0.25) is 0 Å². The summed E-state index contributed by atoms with van der Waals surface area (Å²) in [6.07, 6.45) is 4.50. The van der Waals surface area contributed by atoms with Crippen molar-refractivity contribution in [1.29, 1.82) is 0 Å². The van der Waals surface area contributed by atoms with Crippen molar-refractivity contribution in [2.45, 2.75) is 51.6 Å². The number of aryl methyl sites for hydroxylation is 3.